The van der Waals surface area contributed by atoms with Gasteiger partial charge in [-0.2, -0.15) is 0 Å². The van der Waals surface area contributed by atoms with Gasteiger partial charge < -0.3 is 19.7 Å². The van der Waals surface area contributed by atoms with Crippen LogP contribution in [-0.2, 0) is 0 Å². The van der Waals surface area contributed by atoms with E-state index in [1.165, 1.54) is 14.2 Å². The van der Waals surface area contributed by atoms with E-state index in [4.69, 9.17) is 9.47 Å². The number of hydrogen-bond donors (Lipinski definition) is 1. The van der Waals surface area contributed by atoms with Crippen LogP contribution < -0.4 is 14.8 Å². The molecule has 0 spiro atoms. The average molecular weight is 422 g/mol. The van der Waals surface area contributed by atoms with Crippen LogP contribution in [0.2, 0.25) is 0 Å². The molecule has 30 heavy (non-hydrogen) atoms. The van der Waals surface area contributed by atoms with E-state index in [0.717, 1.165) is 6.07 Å². The number of methoxy groups -OCH3 is 2. The van der Waals surface area contributed by atoms with Gasteiger partial charge in [0, 0.05) is 24.7 Å². The summed E-state index contributed by atoms with van der Waals surface area (Å²) in [5, 5.41) is 2.61. The van der Waals surface area contributed by atoms with Crippen molar-refractivity contribution in [3.63, 3.8) is 0 Å². The first-order valence-electron chi connectivity index (χ1n) is 9.31. The zero-order valence-corrected chi connectivity index (χ0v) is 16.5. The molecule has 160 valence electrons. The molecular formula is C21H21F3N2O4. The first-order chi connectivity index (χ1) is 14.3. The van der Waals surface area contributed by atoms with Crippen molar-refractivity contribution in [2.45, 2.75) is 18.9 Å². The highest BCUT2D eigenvalue weighted by molar-refractivity contribution is 5.95. The van der Waals surface area contributed by atoms with Gasteiger partial charge in [-0.3, -0.25) is 9.59 Å². The topological polar surface area (TPSA) is 67.9 Å². The summed E-state index contributed by atoms with van der Waals surface area (Å²) in [6, 6.07) is 6.18. The number of rotatable bonds is 5. The van der Waals surface area contributed by atoms with Crippen LogP contribution in [0.25, 0.3) is 0 Å². The predicted octanol–water partition coefficient (Wildman–Crippen LogP) is 3.16. The molecule has 0 aromatic heterocycles. The number of halogens is 3. The number of nitrogens with zero attached hydrogens (tertiary/aromatic N) is 1. The van der Waals surface area contributed by atoms with Crippen LogP contribution in [0.1, 0.15) is 33.6 Å². The number of carbonyl (C=O) groups excluding carboxylic acids is 2. The second-order valence-electron chi connectivity index (χ2n) is 6.83. The number of benzene rings is 2. The van der Waals surface area contributed by atoms with Crippen molar-refractivity contribution in [2.24, 2.45) is 0 Å². The Morgan fingerprint density at radius 2 is 1.63 bits per heavy atom. The molecule has 1 aliphatic heterocycles. The van der Waals surface area contributed by atoms with Crippen molar-refractivity contribution < 1.29 is 32.2 Å². The van der Waals surface area contributed by atoms with Crippen LogP contribution in [0.5, 0.6) is 11.5 Å². The second-order valence-corrected chi connectivity index (χ2v) is 6.83. The van der Waals surface area contributed by atoms with E-state index < -0.39 is 28.9 Å². The highest BCUT2D eigenvalue weighted by Gasteiger charge is 2.27. The minimum Gasteiger partial charge on any atom is -0.493 e. The molecule has 6 nitrogen and oxygen atoms in total. The smallest absolute Gasteiger partial charge is 0.254 e. The van der Waals surface area contributed by atoms with Crippen LogP contribution in [-0.4, -0.2) is 50.1 Å². The molecule has 0 radical (unpaired) electrons. The maximum Gasteiger partial charge on any atom is 0.254 e. The van der Waals surface area contributed by atoms with Gasteiger partial charge in [0.05, 0.1) is 19.8 Å². The largest absolute Gasteiger partial charge is 0.493 e. The van der Waals surface area contributed by atoms with Crippen molar-refractivity contribution in [2.75, 3.05) is 27.3 Å². The van der Waals surface area contributed by atoms with Crippen LogP contribution in [0.4, 0.5) is 13.2 Å². The third-order valence-electron chi connectivity index (χ3n) is 5.03. The van der Waals surface area contributed by atoms with Gasteiger partial charge >= 0.3 is 0 Å². The molecule has 1 aliphatic rings. The first kappa shape index (κ1) is 21.5. The van der Waals surface area contributed by atoms with Gasteiger partial charge in [0.15, 0.2) is 29.0 Å². The van der Waals surface area contributed by atoms with Gasteiger partial charge in [-0.05, 0) is 43.2 Å². The minimum absolute atomic E-state index is 0.188. The van der Waals surface area contributed by atoms with Gasteiger partial charge in [-0.15, -0.1) is 0 Å². The van der Waals surface area contributed by atoms with Gasteiger partial charge in [-0.1, -0.05) is 0 Å². The summed E-state index contributed by atoms with van der Waals surface area (Å²) < 4.78 is 50.5. The summed E-state index contributed by atoms with van der Waals surface area (Å²) in [6.07, 6.45) is 0.881. The number of piperidine rings is 1. The molecule has 1 heterocycles. The quantitative estimate of drug-likeness (QED) is 0.752. The number of nitrogens with one attached hydrogen (secondary N) is 1. The SMILES string of the molecule is COc1ccc(C(=O)N2CCC(NC(=O)c3ccc(F)c(F)c3F)CC2)cc1OC. The highest BCUT2D eigenvalue weighted by atomic mass is 19.2. The van der Waals surface area contributed by atoms with Crippen molar-refractivity contribution in [1.29, 1.82) is 0 Å². The first-order valence-corrected chi connectivity index (χ1v) is 9.31. The summed E-state index contributed by atoms with van der Waals surface area (Å²) in [4.78, 5) is 26.6. The molecule has 1 N–H and O–H groups in total. The fourth-order valence-electron chi connectivity index (χ4n) is 3.34. The Morgan fingerprint density at radius 3 is 2.27 bits per heavy atom. The zero-order chi connectivity index (χ0) is 21.8. The standard InChI is InChI=1S/C21H21F3N2O4/c1-29-16-6-3-12(11-17(16)30-2)21(28)26-9-7-13(8-10-26)25-20(27)14-4-5-15(22)19(24)18(14)23/h3-6,11,13H,7-10H2,1-2H3,(H,25,27). The molecule has 0 aliphatic carbocycles. The lowest BCUT2D eigenvalue weighted by Gasteiger charge is -2.32. The number of carbonyl (C=O) groups is 2. The number of likely N-dealkylation sites (tertiary alicyclic amines) is 1. The van der Waals surface area contributed by atoms with Crippen molar-refractivity contribution in [3.8, 4) is 11.5 Å². The van der Waals surface area contributed by atoms with Crippen LogP contribution in [0.15, 0.2) is 30.3 Å². The summed E-state index contributed by atoms with van der Waals surface area (Å²) in [5.41, 5.74) is -0.114. The lowest BCUT2D eigenvalue weighted by molar-refractivity contribution is 0.0697. The summed E-state index contributed by atoms with van der Waals surface area (Å²) in [7, 11) is 2.99. The van der Waals surface area contributed by atoms with Gasteiger partial charge in [0.25, 0.3) is 11.8 Å². The molecule has 1 fully saturated rings. The van der Waals surface area contributed by atoms with Crippen molar-refractivity contribution in [1.82, 2.24) is 10.2 Å². The third kappa shape index (κ3) is 4.34. The molecule has 2 amide bonds. The Kier molecular flexibility index (Phi) is 6.49. The maximum absolute atomic E-state index is 13.8. The monoisotopic (exact) mass is 422 g/mol. The van der Waals surface area contributed by atoms with E-state index >= 15 is 0 Å². The Hall–Kier alpha value is -3.23. The molecule has 0 saturated carbocycles. The Labute approximate surface area is 171 Å². The molecule has 2 aromatic carbocycles. The minimum atomic E-state index is -1.68. The average Bonchev–Trinajstić information content (AvgIpc) is 2.77. The maximum atomic E-state index is 13.8. The molecule has 3 rings (SSSR count). The number of amides is 2. The van der Waals surface area contributed by atoms with Crippen LogP contribution in [0.3, 0.4) is 0 Å². The normalized spacial score (nSPS) is 14.4. The molecule has 2 aromatic rings. The van der Waals surface area contributed by atoms with Crippen molar-refractivity contribution in [3.05, 3.63) is 58.9 Å². The van der Waals surface area contributed by atoms with Gasteiger partial charge in [0.2, 0.25) is 0 Å². The Morgan fingerprint density at radius 1 is 0.967 bits per heavy atom. The molecular weight excluding hydrogens is 401 g/mol. The summed E-state index contributed by atoms with van der Waals surface area (Å²) in [5.74, 6) is -4.61. The van der Waals surface area contributed by atoms with Crippen molar-refractivity contribution >= 4 is 11.8 Å². The van der Waals surface area contributed by atoms with E-state index in [0.29, 0.717) is 49.1 Å². The summed E-state index contributed by atoms with van der Waals surface area (Å²) in [6.45, 7) is 0.747. The van der Waals surface area contributed by atoms with E-state index in [1.54, 1.807) is 23.1 Å². The predicted molar refractivity (Wildman–Crippen MR) is 102 cm³/mol. The zero-order valence-electron chi connectivity index (χ0n) is 16.5. The lowest BCUT2D eigenvalue weighted by Crippen LogP contribution is -2.46. The number of hydrogen-bond acceptors (Lipinski definition) is 4. The van der Waals surface area contributed by atoms with Gasteiger partial charge in [0.1, 0.15) is 0 Å². The summed E-state index contributed by atoms with van der Waals surface area (Å²) >= 11 is 0. The van der Waals surface area contributed by atoms with E-state index in [2.05, 4.69) is 5.32 Å². The fourth-order valence-corrected chi connectivity index (χ4v) is 3.34. The fraction of sp³-hybridized carbons (Fsp3) is 0.333. The van der Waals surface area contributed by atoms with Crippen LogP contribution >= 0.6 is 0 Å². The molecule has 0 unspecified atom stereocenters. The number of ether oxygens (including phenoxy) is 2. The third-order valence-corrected chi connectivity index (χ3v) is 5.03. The van der Waals surface area contributed by atoms with E-state index in [1.807, 2.05) is 0 Å². The molecule has 9 heteroatoms. The molecule has 0 atom stereocenters. The molecule has 0 bridgehead atoms. The Bertz CT molecular complexity index is 960. The lowest BCUT2D eigenvalue weighted by atomic mass is 10.0. The highest BCUT2D eigenvalue weighted by Crippen LogP contribution is 2.28. The molecule has 1 saturated heterocycles. The van der Waals surface area contributed by atoms with E-state index in [-0.39, 0.29) is 11.9 Å². The second kappa shape index (κ2) is 9.06. The Balaban J connectivity index is 1.60. The van der Waals surface area contributed by atoms with Crippen LogP contribution in [0, 0.1) is 17.5 Å². The van der Waals surface area contributed by atoms with E-state index in [9.17, 15) is 22.8 Å². The van der Waals surface area contributed by atoms with Gasteiger partial charge in [-0.25, -0.2) is 13.2 Å².